The number of benzene rings is 1. The predicted octanol–water partition coefficient (Wildman–Crippen LogP) is 3.69. The minimum absolute atomic E-state index is 0.347. The molecule has 0 radical (unpaired) electrons. The van der Waals surface area contributed by atoms with E-state index in [0.29, 0.717) is 34.4 Å². The van der Waals surface area contributed by atoms with Gasteiger partial charge in [-0.25, -0.2) is 4.39 Å². The van der Waals surface area contributed by atoms with Gasteiger partial charge in [-0.2, -0.15) is 23.4 Å². The smallest absolute Gasteiger partial charge is 0.317 e. The fourth-order valence-corrected chi connectivity index (χ4v) is 2.82. The van der Waals surface area contributed by atoms with Crippen LogP contribution in [0.15, 0.2) is 30.3 Å². The topological polar surface area (TPSA) is 64.7 Å². The molecule has 0 aliphatic heterocycles. The molecular formula is C18H17F4N5O. The van der Waals surface area contributed by atoms with Crippen LogP contribution in [0.3, 0.4) is 0 Å². The van der Waals surface area contributed by atoms with Gasteiger partial charge in [0, 0.05) is 13.1 Å². The molecule has 0 fully saturated rings. The highest BCUT2D eigenvalue weighted by molar-refractivity contribution is 6.03. The second-order valence-corrected chi connectivity index (χ2v) is 6.32. The highest BCUT2D eigenvalue weighted by Crippen LogP contribution is 2.29. The fourth-order valence-electron chi connectivity index (χ4n) is 2.82. The van der Waals surface area contributed by atoms with Crippen LogP contribution in [0.4, 0.5) is 23.2 Å². The van der Waals surface area contributed by atoms with Crippen molar-refractivity contribution in [3.8, 4) is 0 Å². The summed E-state index contributed by atoms with van der Waals surface area (Å²) in [5, 5.41) is 10.6. The van der Waals surface area contributed by atoms with E-state index in [1.807, 2.05) is 0 Å². The number of hydrogen-bond acceptors (Lipinski definition) is 3. The van der Waals surface area contributed by atoms with Crippen LogP contribution in [0, 0.1) is 19.7 Å². The maximum Gasteiger partial charge on any atom is 0.433 e. The molecule has 148 valence electrons. The molecule has 1 N–H and O–H groups in total. The van der Waals surface area contributed by atoms with Crippen LogP contribution < -0.4 is 5.32 Å². The number of nitrogens with zero attached hydrogens (tertiary/aromatic N) is 4. The first-order chi connectivity index (χ1) is 13.1. The summed E-state index contributed by atoms with van der Waals surface area (Å²) in [5.74, 6) is -1.11. The zero-order chi connectivity index (χ0) is 20.6. The Labute approximate surface area is 157 Å². The third-order valence-corrected chi connectivity index (χ3v) is 4.27. The first-order valence-corrected chi connectivity index (χ1v) is 8.27. The molecule has 3 rings (SSSR count). The summed E-state index contributed by atoms with van der Waals surface area (Å²) in [7, 11) is 1.12. The molecule has 3 aromatic rings. The summed E-state index contributed by atoms with van der Waals surface area (Å²) < 4.78 is 53.9. The van der Waals surface area contributed by atoms with Crippen molar-refractivity contribution in [2.24, 2.45) is 7.05 Å². The number of nitrogens with one attached hydrogen (secondary N) is 1. The van der Waals surface area contributed by atoms with Gasteiger partial charge in [-0.05, 0) is 31.5 Å². The Hall–Kier alpha value is -3.17. The Morgan fingerprint density at radius 3 is 2.36 bits per heavy atom. The lowest BCUT2D eigenvalue weighted by atomic mass is 10.2. The molecule has 1 aromatic carbocycles. The van der Waals surface area contributed by atoms with Crippen molar-refractivity contribution in [2.45, 2.75) is 26.6 Å². The Bertz CT molecular complexity index is 1020. The van der Waals surface area contributed by atoms with Crippen molar-refractivity contribution < 1.29 is 22.4 Å². The lowest BCUT2D eigenvalue weighted by Crippen LogP contribution is -2.14. The fraction of sp³-hybridized carbons (Fsp3) is 0.278. The zero-order valence-corrected chi connectivity index (χ0v) is 15.3. The van der Waals surface area contributed by atoms with Crippen LogP contribution in [0.1, 0.15) is 33.1 Å². The van der Waals surface area contributed by atoms with E-state index in [2.05, 4.69) is 15.5 Å². The number of carbonyl (C=O) groups excluding carboxylic acids is 1. The van der Waals surface area contributed by atoms with Gasteiger partial charge < -0.3 is 5.32 Å². The van der Waals surface area contributed by atoms with Gasteiger partial charge >= 0.3 is 6.18 Å². The number of carbonyl (C=O) groups is 1. The Kier molecular flexibility index (Phi) is 4.97. The van der Waals surface area contributed by atoms with Gasteiger partial charge in [-0.15, -0.1) is 0 Å². The maximum atomic E-state index is 13.0. The van der Waals surface area contributed by atoms with Gasteiger partial charge in [0.05, 0.1) is 23.6 Å². The first-order valence-electron chi connectivity index (χ1n) is 8.27. The van der Waals surface area contributed by atoms with Crippen molar-refractivity contribution in [3.63, 3.8) is 0 Å². The quantitative estimate of drug-likeness (QED) is 0.686. The molecule has 0 saturated carbocycles. The summed E-state index contributed by atoms with van der Waals surface area (Å²) in [5.41, 5.74) is 0.954. The number of hydrogen-bond donors (Lipinski definition) is 1. The lowest BCUT2D eigenvalue weighted by molar-refractivity contribution is -0.143. The molecule has 0 bridgehead atoms. The van der Waals surface area contributed by atoms with E-state index in [-0.39, 0.29) is 11.5 Å². The maximum absolute atomic E-state index is 13.0. The summed E-state index contributed by atoms with van der Waals surface area (Å²) in [6.45, 7) is 3.74. The minimum atomic E-state index is -4.61. The van der Waals surface area contributed by atoms with Gasteiger partial charge in [-0.1, -0.05) is 12.1 Å². The van der Waals surface area contributed by atoms with E-state index in [4.69, 9.17) is 0 Å². The number of halogens is 4. The third-order valence-electron chi connectivity index (χ3n) is 4.27. The SMILES string of the molecule is Cc1nn(Cc2ccc(F)cc2)c(C)c1NC(=O)c1cc(C(F)(F)F)n(C)n1. The summed E-state index contributed by atoms with van der Waals surface area (Å²) >= 11 is 0. The van der Waals surface area contributed by atoms with Crippen molar-refractivity contribution in [3.05, 3.63) is 64.5 Å². The van der Waals surface area contributed by atoms with E-state index in [0.717, 1.165) is 12.6 Å². The molecule has 0 unspecified atom stereocenters. The molecule has 0 aliphatic rings. The average molecular weight is 395 g/mol. The Morgan fingerprint density at radius 2 is 1.79 bits per heavy atom. The summed E-state index contributed by atoms with van der Waals surface area (Å²) in [4.78, 5) is 12.4. The van der Waals surface area contributed by atoms with Crippen molar-refractivity contribution in [1.82, 2.24) is 19.6 Å². The molecule has 2 aromatic heterocycles. The minimum Gasteiger partial charge on any atom is -0.317 e. The number of amides is 1. The number of anilines is 1. The lowest BCUT2D eigenvalue weighted by Gasteiger charge is -2.06. The monoisotopic (exact) mass is 395 g/mol. The highest BCUT2D eigenvalue weighted by Gasteiger charge is 2.35. The van der Waals surface area contributed by atoms with E-state index >= 15 is 0 Å². The molecule has 10 heteroatoms. The van der Waals surface area contributed by atoms with Gasteiger partial charge in [0.15, 0.2) is 5.69 Å². The number of rotatable bonds is 4. The average Bonchev–Trinajstić information content (AvgIpc) is 3.12. The van der Waals surface area contributed by atoms with Crippen molar-refractivity contribution in [2.75, 3.05) is 5.32 Å². The molecule has 2 heterocycles. The van der Waals surface area contributed by atoms with E-state index in [1.54, 1.807) is 30.7 Å². The van der Waals surface area contributed by atoms with E-state index in [9.17, 15) is 22.4 Å². The van der Waals surface area contributed by atoms with E-state index in [1.165, 1.54) is 12.1 Å². The first kappa shape index (κ1) is 19.6. The third kappa shape index (κ3) is 3.90. The summed E-state index contributed by atoms with van der Waals surface area (Å²) in [6, 6.07) is 6.61. The van der Waals surface area contributed by atoms with Crippen LogP contribution in [0.5, 0.6) is 0 Å². The second kappa shape index (κ2) is 7.10. The molecule has 28 heavy (non-hydrogen) atoms. The van der Waals surface area contributed by atoms with Crippen LogP contribution in [0.25, 0.3) is 0 Å². The van der Waals surface area contributed by atoms with Gasteiger partial charge in [-0.3, -0.25) is 14.2 Å². The Balaban J connectivity index is 1.82. The van der Waals surface area contributed by atoms with Gasteiger partial charge in [0.25, 0.3) is 5.91 Å². The summed E-state index contributed by atoms with van der Waals surface area (Å²) in [6.07, 6.45) is -4.61. The molecule has 6 nitrogen and oxygen atoms in total. The predicted molar refractivity (Wildman–Crippen MR) is 93.4 cm³/mol. The Morgan fingerprint density at radius 1 is 1.14 bits per heavy atom. The van der Waals surface area contributed by atoms with Gasteiger partial charge in [0.1, 0.15) is 11.5 Å². The van der Waals surface area contributed by atoms with Crippen LogP contribution in [-0.4, -0.2) is 25.5 Å². The van der Waals surface area contributed by atoms with Crippen LogP contribution >= 0.6 is 0 Å². The molecule has 0 atom stereocenters. The second-order valence-electron chi connectivity index (χ2n) is 6.32. The van der Waals surface area contributed by atoms with Crippen molar-refractivity contribution >= 4 is 11.6 Å². The standard InChI is InChI=1S/C18H17F4N5O/c1-10-16(11(2)27(24-10)9-12-4-6-13(19)7-5-12)23-17(28)14-8-15(18(20,21)22)26(3)25-14/h4-8H,9H2,1-3H3,(H,23,28). The molecule has 0 spiro atoms. The highest BCUT2D eigenvalue weighted by atomic mass is 19.4. The van der Waals surface area contributed by atoms with Crippen LogP contribution in [-0.2, 0) is 19.8 Å². The molecular weight excluding hydrogens is 378 g/mol. The largest absolute Gasteiger partial charge is 0.433 e. The molecule has 1 amide bonds. The van der Waals surface area contributed by atoms with Crippen LogP contribution in [0.2, 0.25) is 0 Å². The normalized spacial score (nSPS) is 11.7. The number of aryl methyl sites for hydroxylation is 2. The van der Waals surface area contributed by atoms with E-state index < -0.39 is 17.8 Å². The zero-order valence-electron chi connectivity index (χ0n) is 15.3. The molecule has 0 saturated heterocycles. The number of aromatic nitrogens is 4. The van der Waals surface area contributed by atoms with Crippen molar-refractivity contribution in [1.29, 1.82) is 0 Å². The van der Waals surface area contributed by atoms with Gasteiger partial charge in [0.2, 0.25) is 0 Å². The number of alkyl halides is 3. The molecule has 0 aliphatic carbocycles.